The number of hydrogen-bond donors (Lipinski definition) is 1. The van der Waals surface area contributed by atoms with Crippen molar-refractivity contribution in [2.24, 2.45) is 0 Å². The number of nitrogens with one attached hydrogen (secondary N) is 1. The molecular weight excluding hydrogens is 250 g/mol. The molecule has 2 atom stereocenters. The second kappa shape index (κ2) is 9.33. The third-order valence-electron chi connectivity index (χ3n) is 4.28. The van der Waals surface area contributed by atoms with E-state index < -0.39 is 0 Å². The molecule has 0 aromatic heterocycles. The van der Waals surface area contributed by atoms with Crippen molar-refractivity contribution in [1.29, 1.82) is 5.26 Å². The lowest BCUT2D eigenvalue weighted by Gasteiger charge is -2.33. The van der Waals surface area contributed by atoms with Gasteiger partial charge in [0, 0.05) is 13.2 Å². The first kappa shape index (κ1) is 17.4. The van der Waals surface area contributed by atoms with Crippen LogP contribution in [0.2, 0.25) is 0 Å². The maximum absolute atomic E-state index is 9.41. The Morgan fingerprint density at radius 1 is 1.40 bits per heavy atom. The number of rotatable bonds is 9. The number of nitriles is 1. The monoisotopic (exact) mass is 281 g/mol. The van der Waals surface area contributed by atoms with Crippen molar-refractivity contribution in [3.05, 3.63) is 0 Å². The van der Waals surface area contributed by atoms with E-state index in [4.69, 9.17) is 4.74 Å². The number of hydrogen-bond acceptors (Lipinski definition) is 4. The highest BCUT2D eigenvalue weighted by molar-refractivity contribution is 5.06. The minimum atomic E-state index is -0.330. The first-order valence-electron chi connectivity index (χ1n) is 8.20. The summed E-state index contributed by atoms with van der Waals surface area (Å²) >= 11 is 0. The summed E-state index contributed by atoms with van der Waals surface area (Å²) in [5.41, 5.74) is -0.330. The molecule has 0 radical (unpaired) electrons. The van der Waals surface area contributed by atoms with Gasteiger partial charge in [0.2, 0.25) is 0 Å². The van der Waals surface area contributed by atoms with E-state index >= 15 is 0 Å². The summed E-state index contributed by atoms with van der Waals surface area (Å²) in [4.78, 5) is 2.49. The summed E-state index contributed by atoms with van der Waals surface area (Å²) in [5.74, 6) is 0. The van der Waals surface area contributed by atoms with Crippen molar-refractivity contribution in [2.75, 3.05) is 32.8 Å². The Balaban J connectivity index is 2.33. The van der Waals surface area contributed by atoms with Gasteiger partial charge in [-0.05, 0) is 58.7 Å². The van der Waals surface area contributed by atoms with Gasteiger partial charge >= 0.3 is 0 Å². The van der Waals surface area contributed by atoms with E-state index in [-0.39, 0.29) is 5.54 Å². The van der Waals surface area contributed by atoms with Crippen molar-refractivity contribution in [3.8, 4) is 6.07 Å². The molecule has 0 aliphatic carbocycles. The van der Waals surface area contributed by atoms with E-state index in [9.17, 15) is 5.26 Å². The van der Waals surface area contributed by atoms with Crippen molar-refractivity contribution < 1.29 is 4.74 Å². The van der Waals surface area contributed by atoms with Crippen molar-refractivity contribution in [2.45, 2.75) is 64.5 Å². The average molecular weight is 281 g/mol. The molecule has 1 saturated heterocycles. The molecule has 1 aliphatic heterocycles. The van der Waals surface area contributed by atoms with Crippen LogP contribution in [0.15, 0.2) is 0 Å². The predicted molar refractivity (Wildman–Crippen MR) is 82.6 cm³/mol. The molecule has 4 heteroatoms. The second-order valence-electron chi connectivity index (χ2n) is 5.70. The Morgan fingerprint density at radius 2 is 2.20 bits per heavy atom. The fourth-order valence-corrected chi connectivity index (χ4v) is 3.10. The molecule has 0 bridgehead atoms. The van der Waals surface area contributed by atoms with Gasteiger partial charge < -0.3 is 9.64 Å². The van der Waals surface area contributed by atoms with Crippen LogP contribution in [0.5, 0.6) is 0 Å². The van der Waals surface area contributed by atoms with Crippen LogP contribution in [0.1, 0.15) is 52.9 Å². The van der Waals surface area contributed by atoms with Gasteiger partial charge in [0.05, 0.1) is 12.2 Å². The fourth-order valence-electron chi connectivity index (χ4n) is 3.10. The molecule has 20 heavy (non-hydrogen) atoms. The summed E-state index contributed by atoms with van der Waals surface area (Å²) in [6.45, 7) is 11.2. The average Bonchev–Trinajstić information content (AvgIpc) is 2.47. The summed E-state index contributed by atoms with van der Waals surface area (Å²) in [6.07, 6.45) is 5.72. The maximum Gasteiger partial charge on any atom is 0.106 e. The van der Waals surface area contributed by atoms with E-state index in [1.807, 2.05) is 0 Å². The Hall–Kier alpha value is -0.630. The van der Waals surface area contributed by atoms with E-state index in [1.54, 1.807) is 0 Å². The summed E-state index contributed by atoms with van der Waals surface area (Å²) in [5, 5.41) is 12.8. The molecule has 116 valence electrons. The van der Waals surface area contributed by atoms with E-state index in [0.29, 0.717) is 6.10 Å². The van der Waals surface area contributed by atoms with Crippen LogP contribution in [0.4, 0.5) is 0 Å². The van der Waals surface area contributed by atoms with Crippen LogP contribution >= 0.6 is 0 Å². The molecule has 0 saturated carbocycles. The van der Waals surface area contributed by atoms with Crippen LogP contribution < -0.4 is 5.32 Å². The highest BCUT2D eigenvalue weighted by atomic mass is 16.5. The van der Waals surface area contributed by atoms with Crippen LogP contribution in [0.25, 0.3) is 0 Å². The van der Waals surface area contributed by atoms with Gasteiger partial charge in [0.25, 0.3) is 0 Å². The number of ether oxygens (including phenoxy) is 1. The lowest BCUT2D eigenvalue weighted by molar-refractivity contribution is 0.00527. The molecular formula is C16H31N3O. The Kier molecular flexibility index (Phi) is 8.13. The first-order valence-corrected chi connectivity index (χ1v) is 8.20. The highest BCUT2D eigenvalue weighted by Crippen LogP contribution is 2.19. The lowest BCUT2D eigenvalue weighted by Crippen LogP contribution is -2.45. The molecule has 0 aromatic carbocycles. The molecule has 1 fully saturated rings. The van der Waals surface area contributed by atoms with Crippen LogP contribution in [0, 0.1) is 11.3 Å². The Bertz CT molecular complexity index is 301. The van der Waals surface area contributed by atoms with Gasteiger partial charge in [0.15, 0.2) is 0 Å². The van der Waals surface area contributed by atoms with Gasteiger partial charge in [-0.15, -0.1) is 0 Å². The van der Waals surface area contributed by atoms with Crippen molar-refractivity contribution >= 4 is 0 Å². The quantitative estimate of drug-likeness (QED) is 0.705. The molecule has 2 unspecified atom stereocenters. The van der Waals surface area contributed by atoms with Crippen LogP contribution in [0.3, 0.4) is 0 Å². The molecule has 0 spiro atoms. The van der Waals surface area contributed by atoms with E-state index in [2.05, 4.69) is 37.1 Å². The van der Waals surface area contributed by atoms with Gasteiger partial charge in [-0.1, -0.05) is 13.8 Å². The van der Waals surface area contributed by atoms with E-state index in [0.717, 1.165) is 45.5 Å². The molecule has 4 nitrogen and oxygen atoms in total. The number of piperidine rings is 1. The Labute approximate surface area is 124 Å². The van der Waals surface area contributed by atoms with Gasteiger partial charge in [-0.2, -0.15) is 5.26 Å². The highest BCUT2D eigenvalue weighted by Gasteiger charge is 2.27. The van der Waals surface area contributed by atoms with Gasteiger partial charge in [-0.3, -0.25) is 5.32 Å². The molecule has 0 amide bonds. The van der Waals surface area contributed by atoms with Crippen molar-refractivity contribution in [1.82, 2.24) is 10.2 Å². The smallest absolute Gasteiger partial charge is 0.106 e. The minimum Gasteiger partial charge on any atom is -0.377 e. The third kappa shape index (κ3) is 5.40. The van der Waals surface area contributed by atoms with E-state index in [1.165, 1.54) is 19.4 Å². The molecule has 1 heterocycles. The zero-order valence-corrected chi connectivity index (χ0v) is 13.5. The molecule has 1 N–H and O–H groups in total. The maximum atomic E-state index is 9.41. The number of likely N-dealkylation sites (tertiary alicyclic amines) is 1. The van der Waals surface area contributed by atoms with Gasteiger partial charge in [0.1, 0.15) is 5.54 Å². The zero-order valence-electron chi connectivity index (χ0n) is 13.5. The summed E-state index contributed by atoms with van der Waals surface area (Å²) in [7, 11) is 0. The Morgan fingerprint density at radius 3 is 2.80 bits per heavy atom. The summed E-state index contributed by atoms with van der Waals surface area (Å²) in [6, 6.07) is 2.48. The summed E-state index contributed by atoms with van der Waals surface area (Å²) < 4.78 is 5.73. The fraction of sp³-hybridized carbons (Fsp3) is 0.938. The van der Waals surface area contributed by atoms with Crippen LogP contribution in [-0.4, -0.2) is 49.3 Å². The molecule has 0 aromatic rings. The topological polar surface area (TPSA) is 48.3 Å². The van der Waals surface area contributed by atoms with Crippen molar-refractivity contribution in [3.63, 3.8) is 0 Å². The molecule has 1 aliphatic rings. The first-order chi connectivity index (χ1) is 9.69. The zero-order chi connectivity index (χ0) is 14.8. The van der Waals surface area contributed by atoms with Crippen LogP contribution in [-0.2, 0) is 4.74 Å². The number of nitrogens with zero attached hydrogens (tertiary/aromatic N) is 2. The van der Waals surface area contributed by atoms with Gasteiger partial charge in [-0.25, -0.2) is 0 Å². The SMILES string of the molecule is CCNC(C#N)(CC)CCCN1CCCC(OCC)C1. The molecule has 1 rings (SSSR count). The second-order valence-corrected chi connectivity index (χ2v) is 5.70. The standard InChI is InChI=1S/C16H31N3O/c1-4-16(14-17,18-5-2)10-8-12-19-11-7-9-15(13-19)20-6-3/h15,18H,4-13H2,1-3H3. The lowest BCUT2D eigenvalue weighted by atomic mass is 9.91. The third-order valence-corrected chi connectivity index (χ3v) is 4.28. The largest absolute Gasteiger partial charge is 0.377 e. The predicted octanol–water partition coefficient (Wildman–Crippen LogP) is 2.55. The normalized spacial score (nSPS) is 23.2. The minimum absolute atomic E-state index is 0.330.